The molecule has 1 saturated carbocycles. The molecule has 0 saturated heterocycles. The zero-order chi connectivity index (χ0) is 15.5. The lowest BCUT2D eigenvalue weighted by atomic mass is 10.0. The van der Waals surface area contributed by atoms with Crippen LogP contribution in [0.25, 0.3) is 0 Å². The van der Waals surface area contributed by atoms with Crippen molar-refractivity contribution in [1.82, 2.24) is 5.32 Å². The number of hydrogen-bond donors (Lipinski definition) is 1. The van der Waals surface area contributed by atoms with Crippen LogP contribution in [0.4, 0.5) is 0 Å². The van der Waals surface area contributed by atoms with Crippen LogP contribution in [-0.2, 0) is 11.2 Å². The molecule has 0 bridgehead atoms. The summed E-state index contributed by atoms with van der Waals surface area (Å²) < 4.78 is 10.8. The smallest absolute Gasteiger partial charge is 0.223 e. The molecule has 1 atom stereocenters. The molecule has 116 valence electrons. The lowest BCUT2D eigenvalue weighted by Crippen LogP contribution is -2.30. The Hall–Kier alpha value is -2.23. The van der Waals surface area contributed by atoms with Crippen molar-refractivity contribution in [1.29, 1.82) is 0 Å². The number of methoxy groups -OCH3 is 1. The first-order valence-corrected chi connectivity index (χ1v) is 7.64. The minimum Gasteiger partial charge on any atom is -0.496 e. The highest BCUT2D eigenvalue weighted by Crippen LogP contribution is 2.31. The van der Waals surface area contributed by atoms with E-state index >= 15 is 0 Å². The van der Waals surface area contributed by atoms with Crippen molar-refractivity contribution in [3.8, 4) is 5.75 Å². The van der Waals surface area contributed by atoms with Crippen LogP contribution in [0.15, 0.2) is 41.0 Å². The van der Waals surface area contributed by atoms with Crippen LogP contribution >= 0.6 is 0 Å². The molecule has 1 aliphatic carbocycles. The second-order valence-electron chi connectivity index (χ2n) is 5.86. The number of carbonyl (C=O) groups is 1. The third-order valence-corrected chi connectivity index (χ3v) is 4.05. The molecule has 4 nitrogen and oxygen atoms in total. The minimum absolute atomic E-state index is 0.129. The van der Waals surface area contributed by atoms with E-state index in [1.165, 1.54) is 0 Å². The lowest BCUT2D eigenvalue weighted by Gasteiger charge is -2.17. The van der Waals surface area contributed by atoms with Crippen LogP contribution in [0.5, 0.6) is 5.75 Å². The van der Waals surface area contributed by atoms with Gasteiger partial charge in [0.15, 0.2) is 0 Å². The molecule has 2 aromatic rings. The molecule has 1 heterocycles. The zero-order valence-electron chi connectivity index (χ0n) is 13.0. The fourth-order valence-corrected chi connectivity index (χ4v) is 2.65. The highest BCUT2D eigenvalue weighted by molar-refractivity contribution is 5.81. The first kappa shape index (κ1) is 14.7. The van der Waals surface area contributed by atoms with Crippen molar-refractivity contribution in [2.24, 2.45) is 5.92 Å². The number of rotatable bonds is 6. The van der Waals surface area contributed by atoms with Crippen LogP contribution in [-0.4, -0.2) is 13.0 Å². The van der Waals surface area contributed by atoms with E-state index in [0.717, 1.165) is 35.5 Å². The summed E-state index contributed by atoms with van der Waals surface area (Å²) in [6.45, 7) is 2.02. The van der Waals surface area contributed by atoms with E-state index in [2.05, 4.69) is 11.4 Å². The largest absolute Gasteiger partial charge is 0.496 e. The maximum Gasteiger partial charge on any atom is 0.223 e. The van der Waals surface area contributed by atoms with Gasteiger partial charge in [0.1, 0.15) is 11.5 Å². The van der Waals surface area contributed by atoms with Gasteiger partial charge in [-0.1, -0.05) is 12.1 Å². The number of hydrogen-bond acceptors (Lipinski definition) is 3. The standard InChI is InChI=1S/C18H21NO3/c1-12-10-13(5-8-16(12)21-2)11-15(17-4-3-9-22-17)19-18(20)14-6-7-14/h3-5,8-10,14-15H,6-7,11H2,1-2H3,(H,19,20). The Kier molecular flexibility index (Phi) is 4.18. The van der Waals surface area contributed by atoms with Gasteiger partial charge >= 0.3 is 0 Å². The molecule has 1 amide bonds. The Morgan fingerprint density at radius 1 is 1.41 bits per heavy atom. The molecule has 0 spiro atoms. The number of ether oxygens (including phenoxy) is 1. The summed E-state index contributed by atoms with van der Waals surface area (Å²) in [5.41, 5.74) is 2.24. The maximum atomic E-state index is 12.1. The van der Waals surface area contributed by atoms with E-state index in [-0.39, 0.29) is 17.9 Å². The molecule has 0 aliphatic heterocycles. The summed E-state index contributed by atoms with van der Waals surface area (Å²) in [5, 5.41) is 3.11. The summed E-state index contributed by atoms with van der Waals surface area (Å²) in [4.78, 5) is 12.1. The van der Waals surface area contributed by atoms with Gasteiger partial charge in [-0.05, 0) is 55.5 Å². The normalized spacial score (nSPS) is 15.4. The second-order valence-corrected chi connectivity index (χ2v) is 5.86. The summed E-state index contributed by atoms with van der Waals surface area (Å²) in [7, 11) is 1.67. The average molecular weight is 299 g/mol. The first-order chi connectivity index (χ1) is 10.7. The van der Waals surface area contributed by atoms with Crippen molar-refractivity contribution in [2.75, 3.05) is 7.11 Å². The molecule has 0 radical (unpaired) electrons. The molecule has 1 aliphatic rings. The highest BCUT2D eigenvalue weighted by atomic mass is 16.5. The minimum atomic E-state index is -0.129. The summed E-state index contributed by atoms with van der Waals surface area (Å²) in [6, 6.07) is 9.73. The topological polar surface area (TPSA) is 51.5 Å². The number of carbonyl (C=O) groups excluding carboxylic acids is 1. The molecule has 1 aromatic heterocycles. The lowest BCUT2D eigenvalue weighted by molar-refractivity contribution is -0.123. The third-order valence-electron chi connectivity index (χ3n) is 4.05. The maximum absolute atomic E-state index is 12.1. The Balaban J connectivity index is 1.77. The number of furan rings is 1. The summed E-state index contributed by atoms with van der Waals surface area (Å²) >= 11 is 0. The molecular weight excluding hydrogens is 278 g/mol. The van der Waals surface area contributed by atoms with Crippen LogP contribution in [0.2, 0.25) is 0 Å². The summed E-state index contributed by atoms with van der Waals surface area (Å²) in [6.07, 6.45) is 4.35. The van der Waals surface area contributed by atoms with Gasteiger partial charge in [-0.3, -0.25) is 4.79 Å². The Morgan fingerprint density at radius 2 is 2.23 bits per heavy atom. The number of nitrogens with one attached hydrogen (secondary N) is 1. The van der Waals surface area contributed by atoms with E-state index in [1.54, 1.807) is 13.4 Å². The van der Waals surface area contributed by atoms with E-state index in [1.807, 2.05) is 31.2 Å². The van der Waals surface area contributed by atoms with Gasteiger partial charge in [-0.2, -0.15) is 0 Å². The van der Waals surface area contributed by atoms with Gasteiger partial charge < -0.3 is 14.5 Å². The Labute approximate surface area is 130 Å². The van der Waals surface area contributed by atoms with E-state index < -0.39 is 0 Å². The number of benzene rings is 1. The van der Waals surface area contributed by atoms with Crippen LogP contribution in [0.1, 0.15) is 35.8 Å². The second kappa shape index (κ2) is 6.26. The quantitative estimate of drug-likeness (QED) is 0.889. The van der Waals surface area contributed by atoms with Crippen molar-refractivity contribution in [3.05, 3.63) is 53.5 Å². The number of amides is 1. The van der Waals surface area contributed by atoms with Crippen LogP contribution in [0.3, 0.4) is 0 Å². The van der Waals surface area contributed by atoms with Gasteiger partial charge in [-0.15, -0.1) is 0 Å². The molecule has 1 aromatic carbocycles. The molecule has 1 fully saturated rings. The van der Waals surface area contributed by atoms with Gasteiger partial charge in [0, 0.05) is 5.92 Å². The molecule has 4 heteroatoms. The van der Waals surface area contributed by atoms with Crippen molar-refractivity contribution >= 4 is 5.91 Å². The molecule has 1 unspecified atom stereocenters. The van der Waals surface area contributed by atoms with Gasteiger partial charge in [-0.25, -0.2) is 0 Å². The van der Waals surface area contributed by atoms with Gasteiger partial charge in [0.25, 0.3) is 0 Å². The third kappa shape index (κ3) is 3.32. The van der Waals surface area contributed by atoms with Crippen LogP contribution in [0, 0.1) is 12.8 Å². The van der Waals surface area contributed by atoms with E-state index in [9.17, 15) is 4.79 Å². The fraction of sp³-hybridized carbons (Fsp3) is 0.389. The predicted molar refractivity (Wildman–Crippen MR) is 83.8 cm³/mol. The van der Waals surface area contributed by atoms with E-state index in [4.69, 9.17) is 9.15 Å². The first-order valence-electron chi connectivity index (χ1n) is 7.64. The average Bonchev–Trinajstić information content (AvgIpc) is 3.22. The Morgan fingerprint density at radius 3 is 2.82 bits per heavy atom. The monoisotopic (exact) mass is 299 g/mol. The fourth-order valence-electron chi connectivity index (χ4n) is 2.65. The zero-order valence-corrected chi connectivity index (χ0v) is 13.0. The predicted octanol–water partition coefficient (Wildman–Crippen LogP) is 3.41. The van der Waals surface area contributed by atoms with Crippen molar-refractivity contribution < 1.29 is 13.9 Å². The SMILES string of the molecule is COc1ccc(CC(NC(=O)C2CC2)c2ccco2)cc1C. The molecule has 22 heavy (non-hydrogen) atoms. The van der Waals surface area contributed by atoms with E-state index in [0.29, 0.717) is 6.42 Å². The Bertz CT molecular complexity index is 644. The van der Waals surface area contributed by atoms with Crippen LogP contribution < -0.4 is 10.1 Å². The summed E-state index contributed by atoms with van der Waals surface area (Å²) in [5.74, 6) is 1.99. The van der Waals surface area contributed by atoms with Crippen molar-refractivity contribution in [3.63, 3.8) is 0 Å². The van der Waals surface area contributed by atoms with Crippen molar-refractivity contribution in [2.45, 2.75) is 32.2 Å². The number of aryl methyl sites for hydroxylation is 1. The highest BCUT2D eigenvalue weighted by Gasteiger charge is 2.31. The molecule has 3 rings (SSSR count). The van der Waals surface area contributed by atoms with Gasteiger partial charge in [0.05, 0.1) is 19.4 Å². The van der Waals surface area contributed by atoms with Gasteiger partial charge in [0.2, 0.25) is 5.91 Å². The molecular formula is C18H21NO3. The molecule has 1 N–H and O–H groups in total.